The van der Waals surface area contributed by atoms with E-state index in [9.17, 15) is 0 Å². The molecule has 4 aromatic rings. The summed E-state index contributed by atoms with van der Waals surface area (Å²) in [4.78, 5) is 5.21. The average Bonchev–Trinajstić information content (AvgIpc) is 2.92. The van der Waals surface area contributed by atoms with E-state index in [-0.39, 0.29) is 6.04 Å². The highest BCUT2D eigenvalue weighted by molar-refractivity contribution is 6.10. The zero-order valence-corrected chi connectivity index (χ0v) is 19.9. The first-order valence-corrected chi connectivity index (χ1v) is 12.4. The second-order valence-corrected chi connectivity index (χ2v) is 9.48. The summed E-state index contributed by atoms with van der Waals surface area (Å²) in [6.07, 6.45) is 6.95. The Morgan fingerprint density at radius 2 is 1.57 bits per heavy atom. The van der Waals surface area contributed by atoms with Crippen LogP contribution < -0.4 is 4.57 Å². The maximum atomic E-state index is 5.21. The number of nitrogens with zero attached hydrogens (tertiary/aromatic N) is 2. The first-order chi connectivity index (χ1) is 17.2. The number of hydrogen-bond donors (Lipinski definition) is 0. The Morgan fingerprint density at radius 1 is 0.829 bits per heavy atom. The van der Waals surface area contributed by atoms with Gasteiger partial charge < -0.3 is 0 Å². The summed E-state index contributed by atoms with van der Waals surface area (Å²) in [5.74, 6) is 0.352. The van der Waals surface area contributed by atoms with E-state index in [0.29, 0.717) is 5.92 Å². The number of allylic oxidation sites excluding steroid dienone is 1. The summed E-state index contributed by atoms with van der Waals surface area (Å²) in [6.45, 7) is 8.63. The van der Waals surface area contributed by atoms with Gasteiger partial charge >= 0.3 is 0 Å². The van der Waals surface area contributed by atoms with E-state index in [1.54, 1.807) is 0 Å². The lowest BCUT2D eigenvalue weighted by molar-refractivity contribution is -0.571. The highest BCUT2D eigenvalue weighted by Gasteiger charge is 2.34. The molecule has 2 atom stereocenters. The number of benzene rings is 3. The topological polar surface area (TPSA) is 16.2 Å². The molecule has 0 spiro atoms. The number of aryl methyl sites for hydroxylation is 1. The Bertz CT molecular complexity index is 1460. The molecule has 2 unspecified atom stereocenters. The van der Waals surface area contributed by atoms with Gasteiger partial charge in [-0.3, -0.25) is 4.99 Å². The molecule has 2 nitrogen and oxygen atoms in total. The zero-order valence-electron chi connectivity index (χ0n) is 19.9. The summed E-state index contributed by atoms with van der Waals surface area (Å²) in [6, 6.07) is 32.8. The van der Waals surface area contributed by atoms with Crippen LogP contribution in [0.1, 0.15) is 35.4 Å². The number of rotatable bonds is 2. The van der Waals surface area contributed by atoms with Gasteiger partial charge in [0.05, 0.1) is 18.2 Å². The van der Waals surface area contributed by atoms with Crippen LogP contribution in [-0.4, -0.2) is 11.8 Å². The van der Waals surface area contributed by atoms with Crippen molar-refractivity contribution >= 4 is 11.4 Å². The summed E-state index contributed by atoms with van der Waals surface area (Å²) in [7, 11) is 0. The predicted octanol–water partition coefficient (Wildman–Crippen LogP) is 7.26. The molecule has 1 aromatic heterocycles. The number of aliphatic imine (C=N–C) groups is 1. The molecule has 0 N–H and O–H groups in total. The van der Waals surface area contributed by atoms with Crippen LogP contribution in [0.3, 0.4) is 0 Å². The molecule has 6 rings (SSSR count). The predicted molar refractivity (Wildman–Crippen MR) is 145 cm³/mol. The van der Waals surface area contributed by atoms with Crippen LogP contribution in [0.5, 0.6) is 0 Å². The number of fused-ring (bicyclic) bond motifs is 6. The highest BCUT2D eigenvalue weighted by atomic mass is 15.0. The molecule has 3 heterocycles. The van der Waals surface area contributed by atoms with Crippen molar-refractivity contribution in [2.75, 3.05) is 0 Å². The minimum Gasteiger partial charge on any atom is -0.280 e. The number of hydrogen-bond acceptors (Lipinski definition) is 1. The lowest BCUT2D eigenvalue weighted by atomic mass is 9.78. The van der Waals surface area contributed by atoms with E-state index >= 15 is 0 Å². The summed E-state index contributed by atoms with van der Waals surface area (Å²) >= 11 is 0. The van der Waals surface area contributed by atoms with Crippen molar-refractivity contribution in [1.82, 2.24) is 0 Å². The van der Waals surface area contributed by atoms with Crippen LogP contribution in [0.4, 0.5) is 0 Å². The largest absolute Gasteiger partial charge is 0.280 e. The first-order valence-electron chi connectivity index (χ1n) is 12.4. The van der Waals surface area contributed by atoms with Gasteiger partial charge in [-0.1, -0.05) is 79.4 Å². The van der Waals surface area contributed by atoms with Gasteiger partial charge in [0.15, 0.2) is 11.9 Å². The Hall–Kier alpha value is -4.04. The van der Waals surface area contributed by atoms with Crippen LogP contribution in [0.2, 0.25) is 0 Å². The zero-order chi connectivity index (χ0) is 23.8. The van der Waals surface area contributed by atoms with Gasteiger partial charge in [0.1, 0.15) is 0 Å². The lowest BCUT2D eigenvalue weighted by Crippen LogP contribution is -2.38. The molecule has 0 radical (unpaired) electrons. The molecule has 170 valence electrons. The SMILES string of the molecule is C=CC1=NC2CC(=C)[n+]3ccc(-c4ccccc4)cc3-c3ccccc3CCC2c2ccccc21. The Morgan fingerprint density at radius 3 is 2.40 bits per heavy atom. The van der Waals surface area contributed by atoms with E-state index in [1.165, 1.54) is 39.1 Å². The van der Waals surface area contributed by atoms with E-state index in [0.717, 1.165) is 30.7 Å². The molecular formula is C33H29N2+. The van der Waals surface area contributed by atoms with Gasteiger partial charge in [-0.2, -0.15) is 4.57 Å². The van der Waals surface area contributed by atoms with Gasteiger partial charge in [0.25, 0.3) is 0 Å². The van der Waals surface area contributed by atoms with E-state index in [4.69, 9.17) is 4.99 Å². The highest BCUT2D eigenvalue weighted by Crippen LogP contribution is 2.39. The van der Waals surface area contributed by atoms with Crippen molar-refractivity contribution in [3.05, 3.63) is 133 Å². The van der Waals surface area contributed by atoms with Crippen molar-refractivity contribution < 1.29 is 4.57 Å². The van der Waals surface area contributed by atoms with E-state index in [1.807, 2.05) is 6.08 Å². The fraction of sp³-hybridized carbons (Fsp3) is 0.152. The van der Waals surface area contributed by atoms with Crippen molar-refractivity contribution in [1.29, 1.82) is 0 Å². The van der Waals surface area contributed by atoms with Crippen LogP contribution >= 0.6 is 0 Å². The quantitative estimate of drug-likeness (QED) is 0.284. The van der Waals surface area contributed by atoms with Crippen LogP contribution in [0, 0.1) is 0 Å². The Kier molecular flexibility index (Phi) is 5.50. The number of aromatic nitrogens is 1. The molecule has 0 saturated carbocycles. The molecule has 2 heteroatoms. The van der Waals surface area contributed by atoms with Gasteiger partial charge in [-0.15, -0.1) is 0 Å². The summed E-state index contributed by atoms with van der Waals surface area (Å²) in [5, 5.41) is 0. The molecule has 0 aliphatic carbocycles. The van der Waals surface area contributed by atoms with Crippen molar-refractivity contribution in [3.63, 3.8) is 0 Å². The molecular weight excluding hydrogens is 424 g/mol. The monoisotopic (exact) mass is 453 g/mol. The Balaban J connectivity index is 1.51. The lowest BCUT2D eigenvalue weighted by Gasteiger charge is -2.32. The third-order valence-electron chi connectivity index (χ3n) is 7.46. The molecule has 0 amide bonds. The van der Waals surface area contributed by atoms with Crippen LogP contribution in [0.15, 0.2) is 121 Å². The third kappa shape index (κ3) is 3.85. The summed E-state index contributed by atoms with van der Waals surface area (Å²) < 4.78 is 2.28. The first kappa shape index (κ1) is 21.5. The van der Waals surface area contributed by atoms with Gasteiger partial charge in [0, 0.05) is 29.2 Å². The molecule has 35 heavy (non-hydrogen) atoms. The van der Waals surface area contributed by atoms with Crippen LogP contribution in [0.25, 0.3) is 28.1 Å². The standard InChI is InChI=1S/C33H29N2/c1-3-31-29-16-10-9-15-28(29)30-18-17-25-13-7-8-14-27(25)33-22-26(24-11-5-4-6-12-24)19-20-35(33)23(2)21-32(30)34-31/h3-16,19-20,22,30,32H,1-2,17-18,21H2/q+1. The molecule has 3 aromatic carbocycles. The van der Waals surface area contributed by atoms with Crippen molar-refractivity contribution in [3.8, 4) is 22.4 Å². The van der Waals surface area contributed by atoms with Gasteiger partial charge in [0.2, 0.25) is 5.69 Å². The normalized spacial score (nSPS) is 18.9. The maximum absolute atomic E-state index is 5.21. The van der Waals surface area contributed by atoms with Crippen molar-refractivity contribution in [2.24, 2.45) is 4.99 Å². The molecule has 0 saturated heterocycles. The van der Waals surface area contributed by atoms with Crippen LogP contribution in [-0.2, 0) is 6.42 Å². The number of pyridine rings is 1. The second-order valence-electron chi connectivity index (χ2n) is 9.48. The second kappa shape index (κ2) is 8.96. The maximum Gasteiger partial charge on any atom is 0.218 e. The molecule has 0 bridgehead atoms. The minimum atomic E-state index is 0.143. The third-order valence-corrected chi connectivity index (χ3v) is 7.46. The van der Waals surface area contributed by atoms with Crippen molar-refractivity contribution in [2.45, 2.75) is 31.2 Å². The Labute approximate surface area is 207 Å². The molecule has 2 aliphatic heterocycles. The molecule has 0 fully saturated rings. The smallest absolute Gasteiger partial charge is 0.218 e. The fourth-order valence-corrected chi connectivity index (χ4v) is 5.73. The van der Waals surface area contributed by atoms with Gasteiger partial charge in [-0.05, 0) is 53.8 Å². The minimum absolute atomic E-state index is 0.143. The summed E-state index contributed by atoms with van der Waals surface area (Å²) in [5.41, 5.74) is 11.0. The van der Waals surface area contributed by atoms with E-state index < -0.39 is 0 Å². The molecule has 2 aliphatic rings. The van der Waals surface area contributed by atoms with Gasteiger partial charge in [-0.25, -0.2) is 0 Å². The van der Waals surface area contributed by atoms with E-state index in [2.05, 4.69) is 115 Å². The fourth-order valence-electron chi connectivity index (χ4n) is 5.73. The average molecular weight is 454 g/mol.